The lowest BCUT2D eigenvalue weighted by Crippen LogP contribution is -2.19. The molecular formula is C97H133N7O46. The second-order valence-corrected chi connectivity index (χ2v) is 30.7. The Morgan fingerprint density at radius 1 is 0.140 bits per heavy atom. The highest BCUT2D eigenvalue weighted by Gasteiger charge is 2.25. The van der Waals surface area contributed by atoms with Crippen molar-refractivity contribution in [3.8, 4) is 0 Å². The number of non-ortho nitro benzene ring substituents is 7. The first-order valence-electron chi connectivity index (χ1n) is 48.1. The maximum absolute atomic E-state index is 11.5. The van der Waals surface area contributed by atoms with Crippen LogP contribution in [0.2, 0.25) is 0 Å². The zero-order valence-electron chi connectivity index (χ0n) is 83.1. The molecule has 7 aromatic rings. The Kier molecular flexibility index (Phi) is 67.9. The Balaban J connectivity index is 0.714. The SMILES string of the molecule is O=[N+]([O-])c1ccc(C(OCCOCCOCCO)OCCOCCOCCOC(OCCOCCOCCOC(OCCOCCOCCOC(OCCOCCOCCOC(OCCOCCOCCOC(OCCOCCOCCOC(OCCOCCOCCO)c2ccc([N+](=O)[O-])cc2)c2ccc([N+](=O)[O-])cc2)c2ccc([N+](=O)[O-])cc2)c2ccc([N+](=O)[O-])cc2)c2ccc([N+](=O)[O-])cc2)c2ccc([N+](=O)[O-])cc2)cc1. The van der Waals surface area contributed by atoms with Gasteiger partial charge < -0.3 is 152 Å². The molecular weight excluding hydrogens is 2000 g/mol. The molecule has 0 heterocycles. The van der Waals surface area contributed by atoms with Crippen molar-refractivity contribution in [3.63, 3.8) is 0 Å². The molecule has 6 unspecified atom stereocenters. The molecule has 0 saturated heterocycles. The number of nitrogens with zero attached hydrogens (tertiary/aromatic N) is 7. The average molecular weight is 2130 g/mol. The number of aliphatic hydroxyl groups excluding tert-OH is 2. The van der Waals surface area contributed by atoms with Crippen molar-refractivity contribution in [1.82, 2.24) is 0 Å². The summed E-state index contributed by atoms with van der Waals surface area (Å²) >= 11 is 0. The molecule has 0 aromatic heterocycles. The van der Waals surface area contributed by atoms with Crippen LogP contribution in [0, 0.1) is 70.8 Å². The number of aliphatic hydroxyl groups is 2. The third-order valence-corrected chi connectivity index (χ3v) is 20.0. The van der Waals surface area contributed by atoms with Crippen molar-refractivity contribution < 1.29 is 187 Å². The van der Waals surface area contributed by atoms with Crippen molar-refractivity contribution in [2.75, 3.05) is 317 Å². The average Bonchev–Trinajstić information content (AvgIpc) is 0.895. The zero-order valence-corrected chi connectivity index (χ0v) is 83.1. The van der Waals surface area contributed by atoms with E-state index in [1.165, 1.54) is 170 Å². The molecule has 7 aromatic carbocycles. The highest BCUT2D eigenvalue weighted by atomic mass is 16.7. The fourth-order valence-electron chi connectivity index (χ4n) is 12.7. The van der Waals surface area contributed by atoms with E-state index in [0.717, 1.165) is 0 Å². The minimum Gasteiger partial charge on any atom is -0.394 e. The molecule has 53 nitrogen and oxygen atoms in total. The van der Waals surface area contributed by atoms with E-state index in [-0.39, 0.29) is 331 Å². The van der Waals surface area contributed by atoms with Gasteiger partial charge in [-0.25, -0.2) is 0 Å². The van der Waals surface area contributed by atoms with Crippen LogP contribution in [0.3, 0.4) is 0 Å². The number of hydrogen-bond donors (Lipinski definition) is 2. The van der Waals surface area contributed by atoms with Gasteiger partial charge in [-0.15, -0.1) is 0 Å². The van der Waals surface area contributed by atoms with E-state index in [0.29, 0.717) is 65.4 Å². The van der Waals surface area contributed by atoms with Gasteiger partial charge in [0, 0.05) is 124 Å². The van der Waals surface area contributed by atoms with Gasteiger partial charge in [-0.1, -0.05) is 0 Å². The van der Waals surface area contributed by atoms with E-state index < -0.39 is 78.5 Å². The summed E-state index contributed by atoms with van der Waals surface area (Å²) in [6, 6.07) is 40.0. The molecule has 7 rings (SSSR count). The summed E-state index contributed by atoms with van der Waals surface area (Å²) < 4.78 is 173. The number of ether oxygens (including phenoxy) is 30. The maximum Gasteiger partial charge on any atom is 0.269 e. The van der Waals surface area contributed by atoms with Crippen LogP contribution in [-0.4, -0.2) is 362 Å². The summed E-state index contributed by atoms with van der Waals surface area (Å²) in [6.45, 7) is 6.68. The molecule has 2 N–H and O–H groups in total. The van der Waals surface area contributed by atoms with Crippen LogP contribution in [0.25, 0.3) is 0 Å². The molecule has 0 fully saturated rings. The topological polar surface area (TPSA) is 619 Å². The van der Waals surface area contributed by atoms with Crippen LogP contribution >= 0.6 is 0 Å². The fraction of sp³-hybridized carbons (Fsp3) is 0.567. The van der Waals surface area contributed by atoms with E-state index in [1.807, 2.05) is 0 Å². The maximum atomic E-state index is 11.5. The smallest absolute Gasteiger partial charge is 0.269 e. The van der Waals surface area contributed by atoms with Gasteiger partial charge >= 0.3 is 0 Å². The number of hydrogen-bond acceptors (Lipinski definition) is 46. The van der Waals surface area contributed by atoms with Gasteiger partial charge in [0.1, 0.15) is 0 Å². The second-order valence-electron chi connectivity index (χ2n) is 30.7. The Hall–Kier alpha value is -10.9. The monoisotopic (exact) mass is 2130 g/mol. The largest absolute Gasteiger partial charge is 0.394 e. The summed E-state index contributed by atoms with van der Waals surface area (Å²) in [5.74, 6) is 0. The van der Waals surface area contributed by atoms with Gasteiger partial charge in [0.05, 0.1) is 352 Å². The summed E-state index contributed by atoms with van der Waals surface area (Å²) in [5, 5.41) is 97.3. The van der Waals surface area contributed by atoms with Gasteiger partial charge in [0.15, 0.2) is 44.0 Å². The molecule has 0 aliphatic carbocycles. The van der Waals surface area contributed by atoms with Gasteiger partial charge in [0.25, 0.3) is 39.8 Å². The third-order valence-electron chi connectivity index (χ3n) is 20.0. The highest BCUT2D eigenvalue weighted by Crippen LogP contribution is 2.31. The van der Waals surface area contributed by atoms with Crippen molar-refractivity contribution in [2.45, 2.75) is 44.0 Å². The van der Waals surface area contributed by atoms with Crippen molar-refractivity contribution in [3.05, 3.63) is 280 Å². The first kappa shape index (κ1) is 126. The molecule has 0 aliphatic rings. The molecule has 0 bridgehead atoms. The lowest BCUT2D eigenvalue weighted by Gasteiger charge is -2.20. The number of nitro groups is 7. The van der Waals surface area contributed by atoms with E-state index in [2.05, 4.69) is 0 Å². The minimum absolute atomic E-state index is 0.0499. The van der Waals surface area contributed by atoms with Gasteiger partial charge in [-0.3, -0.25) is 70.8 Å². The Bertz CT molecular complexity index is 4330. The van der Waals surface area contributed by atoms with E-state index in [4.69, 9.17) is 152 Å². The van der Waals surface area contributed by atoms with Crippen LogP contribution < -0.4 is 0 Å². The fourth-order valence-corrected chi connectivity index (χ4v) is 12.7. The number of nitro benzene ring substituents is 7. The number of benzene rings is 7. The van der Waals surface area contributed by atoms with E-state index in [9.17, 15) is 70.8 Å². The first-order valence-corrected chi connectivity index (χ1v) is 48.1. The van der Waals surface area contributed by atoms with Gasteiger partial charge in [-0.2, -0.15) is 0 Å². The van der Waals surface area contributed by atoms with E-state index >= 15 is 0 Å². The molecule has 832 valence electrons. The predicted molar refractivity (Wildman–Crippen MR) is 521 cm³/mol. The van der Waals surface area contributed by atoms with Crippen molar-refractivity contribution in [2.24, 2.45) is 0 Å². The molecule has 53 heteroatoms. The van der Waals surface area contributed by atoms with Crippen LogP contribution in [0.4, 0.5) is 39.8 Å². The lowest BCUT2D eigenvalue weighted by atomic mass is 10.2. The molecule has 6 atom stereocenters. The van der Waals surface area contributed by atoms with Crippen LogP contribution in [-0.2, 0) is 142 Å². The minimum atomic E-state index is -0.962. The molecule has 0 radical (unpaired) electrons. The Morgan fingerprint density at radius 3 is 0.300 bits per heavy atom. The van der Waals surface area contributed by atoms with Crippen LogP contribution in [0.15, 0.2) is 170 Å². The molecule has 150 heavy (non-hydrogen) atoms. The van der Waals surface area contributed by atoms with Crippen molar-refractivity contribution >= 4 is 39.8 Å². The van der Waals surface area contributed by atoms with Gasteiger partial charge in [-0.05, 0) is 84.9 Å². The first-order chi connectivity index (χ1) is 73.3. The molecule has 0 aliphatic heterocycles. The standard InChI is InChI=1S/C97H133N7O46/c105-29-31-121-33-35-123-49-63-137-91(77-1-15-84(16-2-77)98(107)108)139-65-51-125-37-39-127-53-67-141-93(79-5-19-86(20-6-79)100(111)112)143-69-55-129-41-43-131-57-71-145-95(81-9-23-88(24-10-81)102(115)116)147-73-59-133-45-47-135-61-75-149-97(83-13-27-90(28-14-83)104(119)120)150-76-62-136-48-46-134-60-74-148-96(82-11-25-89(26-12-82)103(117)118)146-72-58-132-44-42-130-56-70-144-94(80-7-21-87(22-8-80)101(113)114)142-68-54-128-40-38-126-52-66-140-92(78-3-17-85(18-4-78)99(109)110)138-64-50-124-36-34-122-32-30-106/h1-28,91-97,105-106H,29-76H2. The normalized spacial score (nSPS) is 13.0. The zero-order chi connectivity index (χ0) is 107. The molecule has 0 amide bonds. The molecule has 0 spiro atoms. The summed E-state index contributed by atoms with van der Waals surface area (Å²) in [4.78, 5) is 75.9. The number of rotatable bonds is 98. The third kappa shape index (κ3) is 55.9. The van der Waals surface area contributed by atoms with Crippen LogP contribution in [0.5, 0.6) is 0 Å². The quantitative estimate of drug-likeness (QED) is 0.0155. The summed E-state index contributed by atoms with van der Waals surface area (Å²) in [7, 11) is 0. The lowest BCUT2D eigenvalue weighted by molar-refractivity contribution is -0.385. The Labute approximate surface area is 863 Å². The molecule has 0 saturated carbocycles. The Morgan fingerprint density at radius 2 is 0.220 bits per heavy atom. The second kappa shape index (κ2) is 80.9. The van der Waals surface area contributed by atoms with E-state index in [1.54, 1.807) is 0 Å². The predicted octanol–water partition coefficient (Wildman–Crippen LogP) is 10.7. The highest BCUT2D eigenvalue weighted by molar-refractivity contribution is 5.38. The van der Waals surface area contributed by atoms with Gasteiger partial charge in [0.2, 0.25) is 0 Å². The summed E-state index contributed by atoms with van der Waals surface area (Å²) in [6.07, 6.45) is -6.47. The summed E-state index contributed by atoms with van der Waals surface area (Å²) in [5.41, 5.74) is 2.81. The van der Waals surface area contributed by atoms with Crippen molar-refractivity contribution in [1.29, 1.82) is 0 Å². The van der Waals surface area contributed by atoms with Crippen LogP contribution in [0.1, 0.15) is 83.0 Å².